The molecule has 4 heterocycles. The van der Waals surface area contributed by atoms with Crippen molar-refractivity contribution >= 4 is 32.8 Å². The van der Waals surface area contributed by atoms with Crippen molar-refractivity contribution in [1.82, 2.24) is 19.1 Å². The van der Waals surface area contributed by atoms with Crippen LogP contribution in [0.25, 0.3) is 83.5 Å². The van der Waals surface area contributed by atoms with Crippen LogP contribution >= 0.6 is 0 Å². The number of fused-ring (bicyclic) bond motifs is 4. The summed E-state index contributed by atoms with van der Waals surface area (Å²) in [4.78, 5) is 9.63. The molecular weight excluding hydrogens is 978 g/mol. The van der Waals surface area contributed by atoms with Gasteiger partial charge in [0.1, 0.15) is 5.82 Å². The zero-order valence-corrected chi connectivity index (χ0v) is 37.4. The standard InChI is InChI=1S/C58H43N5O.Pt/c1-58(2,3)37-40-31-32-59-56(33-40)63-54-35-46(29-30-49(54)50-38-60-51(36-55(50)63)43-21-11-6-12-22-43)64-45-24-15-23-44(34-45)61-39-62(53-28-14-13-27-52(53)61)57-47(41-17-7-4-8-18-41)25-16-26-48(57)42-19-9-5-10-20-42;/h4-33,36,38H,37H2,1-3H3;/q-2;/i4D,5D,7D,8D,9D,10D,17D,18D,19D,20D,37D2;. The van der Waals surface area contributed by atoms with Gasteiger partial charge in [-0.3, -0.25) is 9.55 Å². The molecule has 0 saturated heterocycles. The predicted octanol–water partition coefficient (Wildman–Crippen LogP) is 13.6. The number of ether oxygens (including phenoxy) is 1. The van der Waals surface area contributed by atoms with Crippen molar-refractivity contribution in [3.63, 3.8) is 0 Å². The summed E-state index contributed by atoms with van der Waals surface area (Å²) in [5.74, 6) is 1.10. The number of hydrogen-bond acceptors (Lipinski definition) is 3. The molecule has 0 fully saturated rings. The fourth-order valence-corrected chi connectivity index (χ4v) is 8.04. The van der Waals surface area contributed by atoms with Gasteiger partial charge in [-0.2, -0.15) is 18.2 Å². The number of para-hydroxylation sites is 3. The van der Waals surface area contributed by atoms with Crippen molar-refractivity contribution in [3.05, 3.63) is 218 Å². The first-order chi connectivity index (χ1) is 36.3. The topological polar surface area (TPSA) is 48.8 Å². The summed E-state index contributed by atoms with van der Waals surface area (Å²) in [7, 11) is 0. The smallest absolute Gasteiger partial charge is 0.268 e. The molecule has 0 spiro atoms. The Morgan fingerprint density at radius 3 is 2.09 bits per heavy atom. The fraction of sp³-hybridized carbons (Fsp3) is 0.0862. The van der Waals surface area contributed by atoms with Gasteiger partial charge in [0, 0.05) is 58.8 Å². The summed E-state index contributed by atoms with van der Waals surface area (Å²) in [6.07, 6.45) is 5.11. The first-order valence-corrected chi connectivity index (χ1v) is 20.6. The molecule has 0 aliphatic rings. The molecule has 0 N–H and O–H groups in total. The third-order valence-electron chi connectivity index (χ3n) is 10.7. The summed E-state index contributed by atoms with van der Waals surface area (Å²) in [6, 6.07) is 37.6. The average Bonchev–Trinajstić information content (AvgIpc) is 3.98. The average molecular weight is 1030 g/mol. The maximum Gasteiger partial charge on any atom is 0.268 e. The van der Waals surface area contributed by atoms with Crippen LogP contribution in [0.2, 0.25) is 0 Å². The first kappa shape index (κ1) is 29.9. The first-order valence-electron chi connectivity index (χ1n) is 26.6. The molecule has 0 bridgehead atoms. The van der Waals surface area contributed by atoms with Crippen molar-refractivity contribution in [2.45, 2.75) is 27.1 Å². The third kappa shape index (κ3) is 8.07. The molecule has 4 aromatic heterocycles. The van der Waals surface area contributed by atoms with Gasteiger partial charge in [-0.1, -0.05) is 160 Å². The Labute approximate surface area is 410 Å². The van der Waals surface area contributed by atoms with Crippen molar-refractivity contribution in [3.8, 4) is 62.2 Å². The van der Waals surface area contributed by atoms with Gasteiger partial charge >= 0.3 is 0 Å². The fourth-order valence-electron chi connectivity index (χ4n) is 8.04. The molecule has 7 aromatic carbocycles. The molecule has 6 nitrogen and oxygen atoms in total. The molecule has 7 heteroatoms. The van der Waals surface area contributed by atoms with Crippen LogP contribution < -0.4 is 9.30 Å². The maximum atomic E-state index is 9.12. The molecule has 0 radical (unpaired) electrons. The molecule has 0 aliphatic heterocycles. The van der Waals surface area contributed by atoms with Crippen LogP contribution in [0.1, 0.15) is 42.8 Å². The van der Waals surface area contributed by atoms with Crippen LogP contribution in [0.5, 0.6) is 11.5 Å². The number of imidazole rings is 1. The van der Waals surface area contributed by atoms with E-state index in [2.05, 4.69) is 18.5 Å². The Morgan fingerprint density at radius 2 is 1.35 bits per heavy atom. The zero-order valence-electron chi connectivity index (χ0n) is 47.2. The van der Waals surface area contributed by atoms with Gasteiger partial charge in [0.2, 0.25) is 0 Å². The van der Waals surface area contributed by atoms with Gasteiger partial charge in [0.15, 0.2) is 0 Å². The Kier molecular flexibility index (Phi) is 7.94. The van der Waals surface area contributed by atoms with Crippen LogP contribution in [0.15, 0.2) is 194 Å². The van der Waals surface area contributed by atoms with E-state index < -0.39 is 72.2 Å². The SMILES string of the molecule is [2H]c1c([2H])c([2H])c(-c2cccc(-c3c([2H])c([2H])c([2H])c([2H])c3[2H])c2-[n+]2[c-]n(-c3[c-]c(Oc4[c-]c5c(cc4)c4cnc(-c6ccccc6)cc4n5-c4cc(C([2H])([2H])C(C)(C)C)ccn4)ccc3)c3ccccc32)c([2H])c1[2H].[Pt]. The Morgan fingerprint density at radius 1 is 0.662 bits per heavy atom. The number of nitrogens with zero attached hydrogens (tertiary/aromatic N) is 5. The molecular formula is C58H43N5OPt-2. The molecule has 0 atom stereocenters. The van der Waals surface area contributed by atoms with Gasteiger partial charge in [-0.25, -0.2) is 4.98 Å². The number of benzene rings is 7. The van der Waals surface area contributed by atoms with E-state index in [1.165, 1.54) is 0 Å². The Hall–Kier alpha value is -7.40. The molecule has 0 saturated carbocycles. The molecule has 65 heavy (non-hydrogen) atoms. The second-order valence-electron chi connectivity index (χ2n) is 16.1. The van der Waals surface area contributed by atoms with Gasteiger partial charge < -0.3 is 13.9 Å². The molecule has 318 valence electrons. The minimum Gasteiger partial charge on any atom is -0.510 e. The van der Waals surface area contributed by atoms with Crippen LogP contribution in [0.3, 0.4) is 0 Å². The van der Waals surface area contributed by atoms with E-state index in [4.69, 9.17) is 31.2 Å². The largest absolute Gasteiger partial charge is 0.510 e. The van der Waals surface area contributed by atoms with Gasteiger partial charge in [-0.05, 0) is 68.9 Å². The van der Waals surface area contributed by atoms with Crippen molar-refractivity contribution in [2.75, 3.05) is 0 Å². The van der Waals surface area contributed by atoms with E-state index in [0.29, 0.717) is 45.1 Å². The third-order valence-corrected chi connectivity index (χ3v) is 10.7. The summed E-state index contributed by atoms with van der Waals surface area (Å²) in [6.45, 7) is 5.59. The van der Waals surface area contributed by atoms with Gasteiger partial charge in [0.05, 0.1) is 36.1 Å². The van der Waals surface area contributed by atoms with Crippen molar-refractivity contribution in [1.29, 1.82) is 0 Å². The molecule has 11 aromatic rings. The molecule has 0 amide bonds. The van der Waals surface area contributed by atoms with Crippen LogP contribution in [0, 0.1) is 23.9 Å². The number of pyridine rings is 2. The molecule has 11 rings (SSSR count). The van der Waals surface area contributed by atoms with E-state index >= 15 is 0 Å². The number of rotatable bonds is 9. The van der Waals surface area contributed by atoms with Crippen molar-refractivity contribution < 1.29 is 46.8 Å². The van der Waals surface area contributed by atoms with Crippen molar-refractivity contribution in [2.24, 2.45) is 5.41 Å². The second kappa shape index (κ2) is 17.3. The van der Waals surface area contributed by atoms with E-state index in [1.807, 2.05) is 86.1 Å². The quantitative estimate of drug-likeness (QED) is 0.107. The van der Waals surface area contributed by atoms with Gasteiger partial charge in [-0.15, -0.1) is 29.7 Å². The zero-order chi connectivity index (χ0) is 53.7. The van der Waals surface area contributed by atoms with Crippen LogP contribution in [-0.4, -0.2) is 19.1 Å². The molecule has 0 unspecified atom stereocenters. The van der Waals surface area contributed by atoms with Gasteiger partial charge in [0.25, 0.3) is 6.33 Å². The molecule has 0 aliphatic carbocycles. The second-order valence-corrected chi connectivity index (χ2v) is 16.1. The normalized spacial score (nSPS) is 14.4. The summed E-state index contributed by atoms with van der Waals surface area (Å²) in [5, 5.41) is 1.63. The number of hydrogen-bond donors (Lipinski definition) is 0. The minimum absolute atomic E-state index is 0. The van der Waals surface area contributed by atoms with E-state index in [9.17, 15) is 0 Å². The summed E-state index contributed by atoms with van der Waals surface area (Å²) >= 11 is 0. The van der Waals surface area contributed by atoms with Crippen LogP contribution in [0.4, 0.5) is 0 Å². The Bertz CT molecular complexity index is 4050. The number of aromatic nitrogens is 5. The van der Waals surface area contributed by atoms with E-state index in [0.717, 1.165) is 27.5 Å². The van der Waals surface area contributed by atoms with Crippen LogP contribution in [-0.2, 0) is 27.4 Å². The summed E-state index contributed by atoms with van der Waals surface area (Å²) < 4.78 is 117. The Balaban J connectivity index is 0.00000672. The van der Waals surface area contributed by atoms with E-state index in [-0.39, 0.29) is 49.0 Å². The monoisotopic (exact) mass is 1030 g/mol. The predicted molar refractivity (Wildman–Crippen MR) is 257 cm³/mol. The minimum atomic E-state index is -1.71. The maximum absolute atomic E-state index is 9.12. The summed E-state index contributed by atoms with van der Waals surface area (Å²) in [5.41, 5.74) is 4.36. The van der Waals surface area contributed by atoms with E-state index in [1.54, 1.807) is 82.1 Å².